The smallest absolute Gasteiger partial charge is 0.255 e. The number of carbonyl (C=O) groups excluding carboxylic acids is 1. The molecule has 1 fully saturated rings. The van der Waals surface area contributed by atoms with E-state index in [9.17, 15) is 4.79 Å². The quantitative estimate of drug-likeness (QED) is 0.865. The third kappa shape index (κ3) is 4.45. The molecule has 0 bridgehead atoms. The summed E-state index contributed by atoms with van der Waals surface area (Å²) in [7, 11) is 0. The minimum absolute atomic E-state index is 0.0892. The number of aromatic nitrogens is 1. The summed E-state index contributed by atoms with van der Waals surface area (Å²) in [5.74, 6) is 0.217. The van der Waals surface area contributed by atoms with E-state index in [0.717, 1.165) is 32.7 Å². The molecule has 6 nitrogen and oxygen atoms in total. The Bertz CT molecular complexity index is 670. The Balaban J connectivity index is 1.52. The predicted octanol–water partition coefficient (Wildman–Crippen LogP) is 1.27. The molecule has 0 spiro atoms. The van der Waals surface area contributed by atoms with Crippen molar-refractivity contribution in [2.24, 2.45) is 5.73 Å². The van der Waals surface area contributed by atoms with E-state index in [2.05, 4.69) is 33.0 Å². The molecule has 2 heterocycles. The number of anilines is 1. The van der Waals surface area contributed by atoms with E-state index in [1.54, 1.807) is 0 Å². The summed E-state index contributed by atoms with van der Waals surface area (Å²) in [6.07, 6.45) is 3.67. The number of benzene rings is 1. The molecule has 1 aliphatic rings. The first-order valence-corrected chi connectivity index (χ1v) is 8.08. The first kappa shape index (κ1) is 16.3. The molecule has 1 saturated heterocycles. The van der Waals surface area contributed by atoms with Gasteiger partial charge < -0.3 is 15.4 Å². The van der Waals surface area contributed by atoms with Crippen LogP contribution < -0.4 is 15.4 Å². The van der Waals surface area contributed by atoms with Gasteiger partial charge in [-0.15, -0.1) is 0 Å². The lowest BCUT2D eigenvalue weighted by Crippen LogP contribution is -2.45. The molecule has 1 aliphatic heterocycles. The van der Waals surface area contributed by atoms with Crippen molar-refractivity contribution in [2.75, 3.05) is 37.7 Å². The van der Waals surface area contributed by atoms with Gasteiger partial charge in [-0.3, -0.25) is 14.7 Å². The zero-order valence-corrected chi connectivity index (χ0v) is 13.6. The number of hydrogen-bond acceptors (Lipinski definition) is 5. The van der Waals surface area contributed by atoms with Crippen LogP contribution in [-0.4, -0.2) is 48.6 Å². The summed E-state index contributed by atoms with van der Waals surface area (Å²) >= 11 is 0. The molecule has 3 rings (SSSR count). The van der Waals surface area contributed by atoms with E-state index in [1.807, 2.05) is 30.6 Å². The Hall–Kier alpha value is -2.60. The van der Waals surface area contributed by atoms with Crippen LogP contribution in [0.4, 0.5) is 5.69 Å². The zero-order valence-electron chi connectivity index (χ0n) is 13.6. The number of ether oxygens (including phenoxy) is 1. The predicted molar refractivity (Wildman–Crippen MR) is 92.9 cm³/mol. The topological polar surface area (TPSA) is 71.7 Å². The second-order valence-electron chi connectivity index (χ2n) is 5.87. The summed E-state index contributed by atoms with van der Waals surface area (Å²) in [4.78, 5) is 19.7. The fourth-order valence-electron chi connectivity index (χ4n) is 2.87. The Morgan fingerprint density at radius 3 is 2.58 bits per heavy atom. The highest BCUT2D eigenvalue weighted by atomic mass is 16.5. The number of nitrogens with two attached hydrogens (primary N) is 1. The van der Waals surface area contributed by atoms with Crippen LogP contribution in [0.3, 0.4) is 0 Å². The van der Waals surface area contributed by atoms with Crippen molar-refractivity contribution in [2.45, 2.75) is 6.54 Å². The standard InChI is InChI=1S/C18H22N4O2/c19-18(23)14-24-17-3-1-2-15(12-17)13-21-8-10-22(11-9-21)16-4-6-20-7-5-16/h1-7,12H,8-11,13-14H2,(H2,19,23). The third-order valence-electron chi connectivity index (χ3n) is 4.09. The number of amides is 1. The average Bonchev–Trinajstić information content (AvgIpc) is 2.62. The number of rotatable bonds is 6. The summed E-state index contributed by atoms with van der Waals surface area (Å²) in [6.45, 7) is 4.80. The van der Waals surface area contributed by atoms with Crippen molar-refractivity contribution in [3.05, 3.63) is 54.4 Å². The maximum Gasteiger partial charge on any atom is 0.255 e. The van der Waals surface area contributed by atoms with Gasteiger partial charge in [0, 0.05) is 50.8 Å². The van der Waals surface area contributed by atoms with E-state index < -0.39 is 5.91 Å². The molecule has 1 aromatic carbocycles. The van der Waals surface area contributed by atoms with Crippen molar-refractivity contribution >= 4 is 11.6 Å². The molecule has 2 aromatic rings. The first-order chi connectivity index (χ1) is 11.7. The van der Waals surface area contributed by atoms with Crippen LogP contribution in [0.15, 0.2) is 48.8 Å². The van der Waals surface area contributed by atoms with Crippen molar-refractivity contribution in [3.63, 3.8) is 0 Å². The van der Waals surface area contributed by atoms with Crippen LogP contribution in [0.5, 0.6) is 5.75 Å². The molecule has 24 heavy (non-hydrogen) atoms. The van der Waals surface area contributed by atoms with Crippen molar-refractivity contribution in [3.8, 4) is 5.75 Å². The summed E-state index contributed by atoms with van der Waals surface area (Å²) in [5, 5.41) is 0. The molecule has 2 N–H and O–H groups in total. The zero-order chi connectivity index (χ0) is 16.8. The van der Waals surface area contributed by atoms with Crippen LogP contribution in [0.25, 0.3) is 0 Å². The van der Waals surface area contributed by atoms with Gasteiger partial charge in [0.15, 0.2) is 6.61 Å². The van der Waals surface area contributed by atoms with Crippen molar-refractivity contribution in [1.82, 2.24) is 9.88 Å². The minimum Gasteiger partial charge on any atom is -0.484 e. The van der Waals surface area contributed by atoms with E-state index in [-0.39, 0.29) is 6.61 Å². The molecule has 1 amide bonds. The number of pyridine rings is 1. The van der Waals surface area contributed by atoms with E-state index in [1.165, 1.54) is 11.3 Å². The molecule has 1 aromatic heterocycles. The van der Waals surface area contributed by atoms with E-state index in [4.69, 9.17) is 10.5 Å². The first-order valence-electron chi connectivity index (χ1n) is 8.08. The van der Waals surface area contributed by atoms with Crippen LogP contribution >= 0.6 is 0 Å². The summed E-state index contributed by atoms with van der Waals surface area (Å²) < 4.78 is 5.36. The molecule has 0 saturated carbocycles. The number of piperazine rings is 1. The lowest BCUT2D eigenvalue weighted by atomic mass is 10.2. The average molecular weight is 326 g/mol. The van der Waals surface area contributed by atoms with Gasteiger partial charge in [-0.25, -0.2) is 0 Å². The van der Waals surface area contributed by atoms with Crippen LogP contribution in [0, 0.1) is 0 Å². The van der Waals surface area contributed by atoms with Crippen LogP contribution in [0.1, 0.15) is 5.56 Å². The van der Waals surface area contributed by atoms with Crippen molar-refractivity contribution in [1.29, 1.82) is 0 Å². The van der Waals surface area contributed by atoms with Crippen LogP contribution in [-0.2, 0) is 11.3 Å². The Kier molecular flexibility index (Phi) is 5.28. The van der Waals surface area contributed by atoms with Gasteiger partial charge in [0.1, 0.15) is 5.75 Å². The van der Waals surface area contributed by atoms with Gasteiger partial charge in [0.2, 0.25) is 0 Å². The molecular formula is C18H22N4O2. The second kappa shape index (κ2) is 7.79. The maximum atomic E-state index is 10.8. The Labute approximate surface area is 141 Å². The van der Waals surface area contributed by atoms with Gasteiger partial charge in [-0.05, 0) is 29.8 Å². The molecule has 0 unspecified atom stereocenters. The van der Waals surface area contributed by atoms with Gasteiger partial charge >= 0.3 is 0 Å². The SMILES string of the molecule is NC(=O)COc1cccc(CN2CCN(c3ccncc3)CC2)c1. The van der Waals surface area contributed by atoms with Gasteiger partial charge in [-0.2, -0.15) is 0 Å². The lowest BCUT2D eigenvalue weighted by Gasteiger charge is -2.36. The van der Waals surface area contributed by atoms with Gasteiger partial charge in [-0.1, -0.05) is 12.1 Å². The highest BCUT2D eigenvalue weighted by Crippen LogP contribution is 2.18. The van der Waals surface area contributed by atoms with Crippen molar-refractivity contribution < 1.29 is 9.53 Å². The largest absolute Gasteiger partial charge is 0.484 e. The number of carbonyl (C=O) groups is 1. The fraction of sp³-hybridized carbons (Fsp3) is 0.333. The monoisotopic (exact) mass is 326 g/mol. The molecule has 0 aliphatic carbocycles. The summed E-state index contributed by atoms with van der Waals surface area (Å²) in [6, 6.07) is 11.9. The summed E-state index contributed by atoms with van der Waals surface area (Å²) in [5.41, 5.74) is 7.51. The highest BCUT2D eigenvalue weighted by Gasteiger charge is 2.17. The number of primary amides is 1. The lowest BCUT2D eigenvalue weighted by molar-refractivity contribution is -0.119. The molecular weight excluding hydrogens is 304 g/mol. The molecule has 126 valence electrons. The fourth-order valence-corrected chi connectivity index (χ4v) is 2.87. The maximum absolute atomic E-state index is 10.8. The van der Waals surface area contributed by atoms with Gasteiger partial charge in [0.05, 0.1) is 0 Å². The number of hydrogen-bond donors (Lipinski definition) is 1. The van der Waals surface area contributed by atoms with E-state index in [0.29, 0.717) is 5.75 Å². The Morgan fingerprint density at radius 1 is 1.12 bits per heavy atom. The third-order valence-corrected chi connectivity index (χ3v) is 4.09. The van der Waals surface area contributed by atoms with Gasteiger partial charge in [0.25, 0.3) is 5.91 Å². The molecule has 6 heteroatoms. The molecule has 0 atom stereocenters. The minimum atomic E-state index is -0.465. The molecule has 0 radical (unpaired) electrons. The van der Waals surface area contributed by atoms with Crippen LogP contribution in [0.2, 0.25) is 0 Å². The second-order valence-corrected chi connectivity index (χ2v) is 5.87. The highest BCUT2D eigenvalue weighted by molar-refractivity contribution is 5.75. The Morgan fingerprint density at radius 2 is 1.88 bits per heavy atom. The normalized spacial score (nSPS) is 15.2. The van der Waals surface area contributed by atoms with E-state index >= 15 is 0 Å². The number of nitrogens with zero attached hydrogens (tertiary/aromatic N) is 3.